The number of carboxylic acid groups (broad SMARTS) is 1. The first-order chi connectivity index (χ1) is 19.5. The van der Waals surface area contributed by atoms with Crippen molar-refractivity contribution < 1.29 is 19.7 Å². The molecule has 0 bridgehead atoms. The number of carboxylic acids is 1. The molecule has 41 heavy (non-hydrogen) atoms. The maximum atomic E-state index is 11.4. The van der Waals surface area contributed by atoms with E-state index in [2.05, 4.69) is 52.1 Å². The van der Waals surface area contributed by atoms with Crippen molar-refractivity contribution in [3.8, 4) is 0 Å². The Morgan fingerprint density at radius 2 is 1.83 bits per heavy atom. The van der Waals surface area contributed by atoms with Crippen LogP contribution in [0.25, 0.3) is 0 Å². The zero-order valence-corrected chi connectivity index (χ0v) is 26.9. The molecule has 5 aliphatic rings. The second-order valence-corrected chi connectivity index (χ2v) is 15.6. The van der Waals surface area contributed by atoms with Gasteiger partial charge in [-0.05, 0) is 128 Å². The summed E-state index contributed by atoms with van der Waals surface area (Å²) in [5, 5.41) is 23.8. The summed E-state index contributed by atoms with van der Waals surface area (Å²) in [5.41, 5.74) is 3.95. The molecule has 0 amide bonds. The van der Waals surface area contributed by atoms with E-state index in [4.69, 9.17) is 4.74 Å². The number of methoxy groups -OCH3 is 1. The standard InChI is InChI=1S/C36H59NO4/c1-7-9-25(11-14-32(39)40)27-15-18-33(3)28(24(27)2)16-19-35(5)31(33)13-12-29-30-10-8-17-36(30,21-20-34(29,35)4)37-22-26(38)23-41-6/h9,15,24,26,28-31,37-38H,7-8,10-14,16-23H2,1-6H3,(H,39,40)/b25-9+/t24?,26?,28?,29?,30-,31?,33?,34-,35?,36?/m1/s1. The van der Waals surface area contributed by atoms with Gasteiger partial charge < -0.3 is 20.3 Å². The van der Waals surface area contributed by atoms with E-state index in [9.17, 15) is 15.0 Å². The van der Waals surface area contributed by atoms with Crippen LogP contribution in [0.4, 0.5) is 0 Å². The number of hydrogen-bond donors (Lipinski definition) is 3. The van der Waals surface area contributed by atoms with Crippen LogP contribution in [0.3, 0.4) is 0 Å². The summed E-state index contributed by atoms with van der Waals surface area (Å²) >= 11 is 0. The summed E-state index contributed by atoms with van der Waals surface area (Å²) in [7, 11) is 1.67. The van der Waals surface area contributed by atoms with Gasteiger partial charge in [-0.15, -0.1) is 0 Å². The van der Waals surface area contributed by atoms with E-state index >= 15 is 0 Å². The maximum absolute atomic E-state index is 11.4. The molecule has 10 atom stereocenters. The lowest BCUT2D eigenvalue weighted by Gasteiger charge is -2.71. The van der Waals surface area contributed by atoms with E-state index in [-0.39, 0.29) is 12.0 Å². The number of aliphatic carboxylic acids is 1. The predicted molar refractivity (Wildman–Crippen MR) is 166 cm³/mol. The predicted octanol–water partition coefficient (Wildman–Crippen LogP) is 7.54. The van der Waals surface area contributed by atoms with Gasteiger partial charge in [-0.25, -0.2) is 0 Å². The highest BCUT2D eigenvalue weighted by atomic mass is 16.5. The first-order valence-electron chi connectivity index (χ1n) is 17.0. The number of aliphatic hydroxyl groups excluding tert-OH is 1. The third kappa shape index (κ3) is 5.08. The number of hydrogen-bond acceptors (Lipinski definition) is 4. The van der Waals surface area contributed by atoms with E-state index in [0.29, 0.717) is 53.6 Å². The third-order valence-electron chi connectivity index (χ3n) is 14.0. The summed E-state index contributed by atoms with van der Waals surface area (Å²) < 4.78 is 5.22. The molecule has 0 saturated heterocycles. The first kappa shape index (κ1) is 31.3. The minimum absolute atomic E-state index is 0.193. The van der Waals surface area contributed by atoms with Gasteiger partial charge in [0.25, 0.3) is 0 Å². The summed E-state index contributed by atoms with van der Waals surface area (Å²) in [4.78, 5) is 11.4. The van der Waals surface area contributed by atoms with Gasteiger partial charge in [-0.2, -0.15) is 0 Å². The van der Waals surface area contributed by atoms with Crippen LogP contribution in [-0.4, -0.2) is 48.1 Å². The van der Waals surface area contributed by atoms with Gasteiger partial charge >= 0.3 is 5.97 Å². The molecule has 5 aliphatic carbocycles. The Morgan fingerprint density at radius 3 is 2.54 bits per heavy atom. The van der Waals surface area contributed by atoms with Crippen molar-refractivity contribution in [3.05, 3.63) is 23.3 Å². The molecule has 0 radical (unpaired) electrons. The van der Waals surface area contributed by atoms with Crippen LogP contribution in [0, 0.1) is 45.8 Å². The van der Waals surface area contributed by atoms with Crippen LogP contribution < -0.4 is 5.32 Å². The number of carbonyl (C=O) groups is 1. The van der Waals surface area contributed by atoms with Crippen molar-refractivity contribution in [2.75, 3.05) is 20.3 Å². The smallest absolute Gasteiger partial charge is 0.303 e. The molecule has 4 fully saturated rings. The topological polar surface area (TPSA) is 78.8 Å². The molecule has 0 spiro atoms. The van der Waals surface area contributed by atoms with Crippen LogP contribution in [-0.2, 0) is 9.53 Å². The molecule has 3 N–H and O–H groups in total. The first-order valence-corrected chi connectivity index (χ1v) is 17.0. The maximum Gasteiger partial charge on any atom is 0.303 e. The van der Waals surface area contributed by atoms with E-state index in [0.717, 1.165) is 24.7 Å². The Labute approximate surface area is 250 Å². The Morgan fingerprint density at radius 1 is 1.05 bits per heavy atom. The third-order valence-corrected chi connectivity index (χ3v) is 14.0. The van der Waals surface area contributed by atoms with Gasteiger partial charge in [0, 0.05) is 25.6 Å². The van der Waals surface area contributed by atoms with E-state index < -0.39 is 12.1 Å². The molecule has 8 unspecified atom stereocenters. The van der Waals surface area contributed by atoms with Crippen molar-refractivity contribution in [3.63, 3.8) is 0 Å². The summed E-state index contributed by atoms with van der Waals surface area (Å²) in [5.74, 6) is 2.68. The van der Waals surface area contributed by atoms with Gasteiger partial charge in [0.05, 0.1) is 12.7 Å². The lowest BCUT2D eigenvalue weighted by molar-refractivity contribution is -0.212. The van der Waals surface area contributed by atoms with Crippen molar-refractivity contribution in [2.45, 2.75) is 130 Å². The molecule has 5 nitrogen and oxygen atoms in total. The highest BCUT2D eigenvalue weighted by Crippen LogP contribution is 2.74. The number of β-amino-alcohol motifs (C(OH)–C–C–N with tert-alkyl or cyclic N) is 1. The Balaban J connectivity index is 1.39. The Hall–Kier alpha value is -1.17. The fourth-order valence-electron chi connectivity index (χ4n) is 12.0. The van der Waals surface area contributed by atoms with Gasteiger partial charge in [0.2, 0.25) is 0 Å². The number of aliphatic hydroxyl groups is 1. The lowest BCUT2D eigenvalue weighted by atomic mass is 9.34. The average Bonchev–Trinajstić information content (AvgIpc) is 3.35. The lowest BCUT2D eigenvalue weighted by Crippen LogP contribution is -2.67. The molecular formula is C36H59NO4. The summed E-state index contributed by atoms with van der Waals surface area (Å²) in [6.07, 6.45) is 19.1. The van der Waals surface area contributed by atoms with Crippen molar-refractivity contribution in [1.82, 2.24) is 5.32 Å². The van der Waals surface area contributed by atoms with E-state index in [1.54, 1.807) is 7.11 Å². The van der Waals surface area contributed by atoms with Gasteiger partial charge in [-0.3, -0.25) is 4.79 Å². The largest absolute Gasteiger partial charge is 0.481 e. The second-order valence-electron chi connectivity index (χ2n) is 15.6. The monoisotopic (exact) mass is 569 g/mol. The molecule has 4 saturated carbocycles. The summed E-state index contributed by atoms with van der Waals surface area (Å²) in [6.45, 7) is 13.7. The minimum atomic E-state index is -0.695. The van der Waals surface area contributed by atoms with E-state index in [1.165, 1.54) is 68.9 Å². The Bertz CT molecular complexity index is 1040. The molecular weight excluding hydrogens is 510 g/mol. The van der Waals surface area contributed by atoms with Crippen LogP contribution in [0.5, 0.6) is 0 Å². The van der Waals surface area contributed by atoms with Gasteiger partial charge in [0.15, 0.2) is 0 Å². The van der Waals surface area contributed by atoms with E-state index in [1.807, 2.05) is 0 Å². The number of ether oxygens (including phenoxy) is 1. The minimum Gasteiger partial charge on any atom is -0.481 e. The Kier molecular flexibility index (Phi) is 8.94. The number of allylic oxidation sites excluding steroid dienone is 4. The van der Waals surface area contributed by atoms with Gasteiger partial charge in [0.1, 0.15) is 0 Å². The van der Waals surface area contributed by atoms with Crippen molar-refractivity contribution in [2.24, 2.45) is 45.8 Å². The fourth-order valence-corrected chi connectivity index (χ4v) is 12.0. The molecule has 0 aromatic rings. The second kappa shape index (κ2) is 11.7. The van der Waals surface area contributed by atoms with Crippen molar-refractivity contribution in [1.29, 1.82) is 0 Å². The highest BCUT2D eigenvalue weighted by molar-refractivity contribution is 5.67. The normalized spacial score (nSPS) is 44.7. The molecule has 0 heterocycles. The molecule has 5 heteroatoms. The summed E-state index contributed by atoms with van der Waals surface area (Å²) in [6, 6.07) is 0. The highest BCUT2D eigenvalue weighted by Gasteiger charge is 2.68. The quantitative estimate of drug-likeness (QED) is 0.253. The molecule has 0 aliphatic heterocycles. The van der Waals surface area contributed by atoms with Crippen molar-refractivity contribution >= 4 is 5.97 Å². The van der Waals surface area contributed by atoms with Crippen LogP contribution >= 0.6 is 0 Å². The van der Waals surface area contributed by atoms with Crippen LogP contribution in [0.2, 0.25) is 0 Å². The van der Waals surface area contributed by atoms with Gasteiger partial charge in [-0.1, -0.05) is 53.2 Å². The average molecular weight is 570 g/mol. The molecule has 0 aromatic carbocycles. The number of nitrogens with one attached hydrogen (secondary N) is 1. The fraction of sp³-hybridized carbons (Fsp3) is 0.861. The SMILES string of the molecule is CC/C=C(\CCC(=O)O)C1=CCC2(C)C(CCC3(C)C2CCC2[C@H]4CCCC4(NCC(O)COC)CC[C@]23C)C1C. The number of rotatable bonds is 10. The zero-order valence-electron chi connectivity index (χ0n) is 26.9. The molecule has 0 aromatic heterocycles. The molecule has 232 valence electrons. The van der Waals surface area contributed by atoms with Crippen LogP contribution in [0.15, 0.2) is 23.3 Å². The zero-order chi connectivity index (χ0) is 29.6. The number of fused-ring (bicyclic) bond motifs is 7. The van der Waals surface area contributed by atoms with Crippen LogP contribution in [0.1, 0.15) is 118 Å². The molecule has 5 rings (SSSR count).